The van der Waals surface area contributed by atoms with Crippen LogP contribution in [-0.4, -0.2) is 33.3 Å². The molecule has 96 valence electrons. The molecule has 1 aromatic heterocycles. The van der Waals surface area contributed by atoms with Crippen LogP contribution in [0.2, 0.25) is 0 Å². The van der Waals surface area contributed by atoms with Gasteiger partial charge in [-0.25, -0.2) is 0 Å². The van der Waals surface area contributed by atoms with Gasteiger partial charge >= 0.3 is 0 Å². The topological polar surface area (TPSA) is 42.7 Å². The van der Waals surface area contributed by atoms with Gasteiger partial charge in [0.2, 0.25) is 0 Å². The van der Waals surface area contributed by atoms with Gasteiger partial charge in [0.05, 0.1) is 6.04 Å². The molecule has 0 bridgehead atoms. The summed E-state index contributed by atoms with van der Waals surface area (Å²) < 4.78 is 2.28. The molecule has 1 aromatic rings. The van der Waals surface area contributed by atoms with Gasteiger partial charge < -0.3 is 9.88 Å². The van der Waals surface area contributed by atoms with Gasteiger partial charge in [0.1, 0.15) is 11.6 Å². The third-order valence-corrected chi connectivity index (χ3v) is 3.95. The van der Waals surface area contributed by atoms with Crippen LogP contribution in [0.3, 0.4) is 0 Å². The fourth-order valence-electron chi connectivity index (χ4n) is 2.27. The van der Waals surface area contributed by atoms with Crippen molar-refractivity contribution < 1.29 is 0 Å². The minimum absolute atomic E-state index is 0.323. The molecular formula is C12H22N4S. The molecule has 1 aliphatic heterocycles. The van der Waals surface area contributed by atoms with E-state index in [-0.39, 0.29) is 0 Å². The maximum atomic E-state index is 4.30. The number of rotatable bonds is 7. The summed E-state index contributed by atoms with van der Waals surface area (Å²) in [6.07, 6.45) is 7.01. The molecule has 1 N–H and O–H groups in total. The zero-order chi connectivity index (χ0) is 12.1. The summed E-state index contributed by atoms with van der Waals surface area (Å²) in [6.45, 7) is 4.35. The molecule has 2 rings (SSSR count). The van der Waals surface area contributed by atoms with E-state index < -0.39 is 0 Å². The van der Waals surface area contributed by atoms with Gasteiger partial charge in [-0.15, -0.1) is 10.2 Å². The van der Waals surface area contributed by atoms with Gasteiger partial charge in [0.15, 0.2) is 0 Å². The fourth-order valence-corrected chi connectivity index (χ4v) is 2.77. The van der Waals surface area contributed by atoms with Crippen LogP contribution in [0.15, 0.2) is 0 Å². The van der Waals surface area contributed by atoms with Crippen LogP contribution in [0.1, 0.15) is 43.9 Å². The predicted molar refractivity (Wildman–Crippen MR) is 72.4 cm³/mol. The quantitative estimate of drug-likeness (QED) is 0.756. The Hall–Kier alpha value is -0.550. The van der Waals surface area contributed by atoms with E-state index in [2.05, 4.69) is 33.3 Å². The smallest absolute Gasteiger partial charge is 0.149 e. The SMILES string of the molecule is CSCCCCNC(C)c1nnc2n1CCC2. The summed E-state index contributed by atoms with van der Waals surface area (Å²) in [5.74, 6) is 3.54. The monoisotopic (exact) mass is 254 g/mol. The highest BCUT2D eigenvalue weighted by molar-refractivity contribution is 7.98. The molecule has 1 aliphatic rings. The molecule has 0 spiro atoms. The number of nitrogens with zero attached hydrogens (tertiary/aromatic N) is 3. The third kappa shape index (κ3) is 3.22. The molecule has 1 unspecified atom stereocenters. The predicted octanol–water partition coefficient (Wildman–Crippen LogP) is 2.02. The number of unbranched alkanes of at least 4 members (excludes halogenated alkanes) is 1. The second-order valence-electron chi connectivity index (χ2n) is 4.61. The van der Waals surface area contributed by atoms with E-state index in [9.17, 15) is 0 Å². The summed E-state index contributed by atoms with van der Waals surface area (Å²) in [5.41, 5.74) is 0. The van der Waals surface area contributed by atoms with E-state index in [0.717, 1.165) is 31.2 Å². The number of hydrogen-bond acceptors (Lipinski definition) is 4. The third-order valence-electron chi connectivity index (χ3n) is 3.25. The summed E-state index contributed by atoms with van der Waals surface area (Å²) >= 11 is 1.92. The number of fused-ring (bicyclic) bond motifs is 1. The molecule has 17 heavy (non-hydrogen) atoms. The molecule has 0 saturated heterocycles. The molecule has 2 heterocycles. The normalized spacial score (nSPS) is 16.1. The number of aryl methyl sites for hydroxylation is 1. The largest absolute Gasteiger partial charge is 0.314 e. The molecule has 1 atom stereocenters. The van der Waals surface area contributed by atoms with Crippen molar-refractivity contribution in [1.82, 2.24) is 20.1 Å². The molecule has 0 aliphatic carbocycles. The van der Waals surface area contributed by atoms with Crippen LogP contribution in [0.5, 0.6) is 0 Å². The first-order valence-corrected chi connectivity index (χ1v) is 7.86. The first kappa shape index (κ1) is 12.9. The molecule has 0 fully saturated rings. The number of aromatic nitrogens is 3. The highest BCUT2D eigenvalue weighted by Gasteiger charge is 2.20. The molecule has 0 saturated carbocycles. The van der Waals surface area contributed by atoms with Crippen LogP contribution >= 0.6 is 11.8 Å². The van der Waals surface area contributed by atoms with Crippen LogP contribution in [-0.2, 0) is 13.0 Å². The second-order valence-corrected chi connectivity index (χ2v) is 5.59. The van der Waals surface area contributed by atoms with E-state index in [4.69, 9.17) is 0 Å². The van der Waals surface area contributed by atoms with Gasteiger partial charge in [-0.2, -0.15) is 11.8 Å². The number of thioether (sulfide) groups is 1. The minimum Gasteiger partial charge on any atom is -0.314 e. The van der Waals surface area contributed by atoms with Crippen LogP contribution in [0, 0.1) is 0 Å². The van der Waals surface area contributed by atoms with Gasteiger partial charge in [-0.3, -0.25) is 0 Å². The summed E-state index contributed by atoms with van der Waals surface area (Å²) in [7, 11) is 0. The standard InChI is InChI=1S/C12H22N4S/c1-10(13-7-3-4-9-17-2)12-15-14-11-6-5-8-16(11)12/h10,13H,3-9H2,1-2H3. The Morgan fingerprint density at radius 2 is 2.29 bits per heavy atom. The maximum absolute atomic E-state index is 4.30. The van der Waals surface area contributed by atoms with Gasteiger partial charge in [-0.05, 0) is 44.7 Å². The molecule has 4 nitrogen and oxygen atoms in total. The zero-order valence-electron chi connectivity index (χ0n) is 10.8. The average molecular weight is 254 g/mol. The van der Waals surface area contributed by atoms with Crippen molar-refractivity contribution in [2.45, 2.75) is 45.2 Å². The van der Waals surface area contributed by atoms with Crippen LogP contribution in [0.4, 0.5) is 0 Å². The van der Waals surface area contributed by atoms with Gasteiger partial charge in [0.25, 0.3) is 0 Å². The maximum Gasteiger partial charge on any atom is 0.149 e. The summed E-state index contributed by atoms with van der Waals surface area (Å²) in [6, 6.07) is 0.323. The van der Waals surface area contributed by atoms with Crippen molar-refractivity contribution in [2.75, 3.05) is 18.6 Å². The van der Waals surface area contributed by atoms with Crippen LogP contribution in [0.25, 0.3) is 0 Å². The number of nitrogens with one attached hydrogen (secondary N) is 1. The molecule has 0 radical (unpaired) electrons. The summed E-state index contributed by atoms with van der Waals surface area (Å²) in [4.78, 5) is 0. The first-order valence-electron chi connectivity index (χ1n) is 6.47. The van der Waals surface area contributed by atoms with Crippen LogP contribution < -0.4 is 5.32 Å². The lowest BCUT2D eigenvalue weighted by Gasteiger charge is -2.13. The van der Waals surface area contributed by atoms with Crippen molar-refractivity contribution >= 4 is 11.8 Å². The Bertz CT molecular complexity index is 350. The van der Waals surface area contributed by atoms with Crippen molar-refractivity contribution in [3.05, 3.63) is 11.6 Å². The zero-order valence-corrected chi connectivity index (χ0v) is 11.6. The Kier molecular flexibility index (Phi) is 4.86. The van der Waals surface area contributed by atoms with E-state index >= 15 is 0 Å². The van der Waals surface area contributed by atoms with Crippen molar-refractivity contribution in [2.24, 2.45) is 0 Å². The van der Waals surface area contributed by atoms with E-state index in [0.29, 0.717) is 6.04 Å². The lowest BCUT2D eigenvalue weighted by Crippen LogP contribution is -2.23. The number of hydrogen-bond donors (Lipinski definition) is 1. The van der Waals surface area contributed by atoms with Crippen molar-refractivity contribution in [1.29, 1.82) is 0 Å². The molecule has 0 amide bonds. The highest BCUT2D eigenvalue weighted by atomic mass is 32.2. The minimum atomic E-state index is 0.323. The molecular weight excluding hydrogens is 232 g/mol. The van der Waals surface area contributed by atoms with Gasteiger partial charge in [-0.1, -0.05) is 0 Å². The lowest BCUT2D eigenvalue weighted by molar-refractivity contribution is 0.507. The van der Waals surface area contributed by atoms with Crippen molar-refractivity contribution in [3.63, 3.8) is 0 Å². The fraction of sp³-hybridized carbons (Fsp3) is 0.833. The Balaban J connectivity index is 1.77. The van der Waals surface area contributed by atoms with E-state index in [1.807, 2.05) is 11.8 Å². The average Bonchev–Trinajstić information content (AvgIpc) is 2.90. The lowest BCUT2D eigenvalue weighted by atomic mass is 10.2. The Morgan fingerprint density at radius 1 is 1.41 bits per heavy atom. The second kappa shape index (κ2) is 6.40. The highest BCUT2D eigenvalue weighted by Crippen LogP contribution is 2.18. The Labute approximate surface area is 108 Å². The summed E-state index contributed by atoms with van der Waals surface area (Å²) in [5, 5.41) is 12.1. The Morgan fingerprint density at radius 3 is 3.12 bits per heavy atom. The van der Waals surface area contributed by atoms with Crippen molar-refractivity contribution in [3.8, 4) is 0 Å². The van der Waals surface area contributed by atoms with E-state index in [1.54, 1.807) is 0 Å². The van der Waals surface area contributed by atoms with E-state index in [1.165, 1.54) is 25.0 Å². The first-order chi connectivity index (χ1) is 8.33. The van der Waals surface area contributed by atoms with Gasteiger partial charge in [0, 0.05) is 13.0 Å². The molecule has 0 aromatic carbocycles. The molecule has 5 heteroatoms.